The minimum Gasteiger partial charge on any atom is -0.339 e. The van der Waals surface area contributed by atoms with Crippen LogP contribution >= 0.6 is 0 Å². The van der Waals surface area contributed by atoms with Gasteiger partial charge >= 0.3 is 0 Å². The summed E-state index contributed by atoms with van der Waals surface area (Å²) in [4.78, 5) is 14.3. The Morgan fingerprint density at radius 3 is 2.65 bits per heavy atom. The van der Waals surface area contributed by atoms with Gasteiger partial charge in [0, 0.05) is 18.7 Å². The van der Waals surface area contributed by atoms with Crippen LogP contribution in [-0.4, -0.2) is 23.9 Å². The van der Waals surface area contributed by atoms with Crippen molar-refractivity contribution in [3.8, 4) is 0 Å². The molecule has 0 aliphatic heterocycles. The third-order valence-electron chi connectivity index (χ3n) is 5.33. The van der Waals surface area contributed by atoms with Crippen LogP contribution in [0.15, 0.2) is 11.6 Å². The minimum absolute atomic E-state index is 0.309. The molecule has 2 fully saturated rings. The van der Waals surface area contributed by atoms with Gasteiger partial charge in [-0.05, 0) is 63.2 Å². The average molecular weight is 233 g/mol. The number of carbonyl (C=O) groups is 1. The van der Waals surface area contributed by atoms with Gasteiger partial charge in [-0.3, -0.25) is 4.79 Å². The van der Waals surface area contributed by atoms with Crippen molar-refractivity contribution in [3.05, 3.63) is 11.6 Å². The lowest BCUT2D eigenvalue weighted by Crippen LogP contribution is -2.31. The van der Waals surface area contributed by atoms with Crippen LogP contribution in [0.25, 0.3) is 0 Å². The molecule has 0 N–H and O–H groups in total. The molecule has 3 rings (SSSR count). The fourth-order valence-electron chi connectivity index (χ4n) is 4.44. The number of carbonyl (C=O) groups excluding carboxylic acids is 1. The van der Waals surface area contributed by atoms with Gasteiger partial charge in [0.15, 0.2) is 0 Å². The number of hydrogen-bond donors (Lipinski definition) is 0. The van der Waals surface area contributed by atoms with Crippen LogP contribution in [0.4, 0.5) is 0 Å². The number of allylic oxidation sites excluding steroid dienone is 1. The van der Waals surface area contributed by atoms with Crippen LogP contribution in [0.5, 0.6) is 0 Å². The first-order valence-corrected chi connectivity index (χ1v) is 7.24. The van der Waals surface area contributed by atoms with E-state index in [1.165, 1.54) is 19.3 Å². The van der Waals surface area contributed by atoms with E-state index in [1.807, 2.05) is 4.90 Å². The van der Waals surface area contributed by atoms with E-state index >= 15 is 0 Å². The van der Waals surface area contributed by atoms with Crippen molar-refractivity contribution in [1.82, 2.24) is 4.90 Å². The van der Waals surface area contributed by atoms with E-state index in [9.17, 15) is 4.79 Å². The highest BCUT2D eigenvalue weighted by Crippen LogP contribution is 2.57. The van der Waals surface area contributed by atoms with Crippen LogP contribution in [0.2, 0.25) is 0 Å². The Balaban J connectivity index is 1.74. The lowest BCUT2D eigenvalue weighted by Gasteiger charge is -2.24. The van der Waals surface area contributed by atoms with E-state index in [0.717, 1.165) is 48.8 Å². The molecule has 94 valence electrons. The van der Waals surface area contributed by atoms with Crippen LogP contribution in [-0.2, 0) is 4.79 Å². The smallest absolute Gasteiger partial charge is 0.249 e. The van der Waals surface area contributed by atoms with E-state index < -0.39 is 0 Å². The number of rotatable bonds is 3. The van der Waals surface area contributed by atoms with Crippen molar-refractivity contribution in [1.29, 1.82) is 0 Å². The van der Waals surface area contributed by atoms with Crippen molar-refractivity contribution in [2.24, 2.45) is 23.7 Å². The number of hydrogen-bond acceptors (Lipinski definition) is 1. The molecule has 17 heavy (non-hydrogen) atoms. The third kappa shape index (κ3) is 1.64. The zero-order valence-electron chi connectivity index (χ0n) is 11.0. The molecule has 2 heteroatoms. The Labute approximate surface area is 104 Å². The van der Waals surface area contributed by atoms with E-state index in [0.29, 0.717) is 5.91 Å². The highest BCUT2D eigenvalue weighted by Gasteiger charge is 2.49. The molecule has 0 radical (unpaired) electrons. The Hall–Kier alpha value is -0.790. The van der Waals surface area contributed by atoms with Gasteiger partial charge in [0.05, 0.1) is 0 Å². The monoisotopic (exact) mass is 233 g/mol. The molecule has 3 aliphatic carbocycles. The molecule has 0 spiro atoms. The van der Waals surface area contributed by atoms with Crippen LogP contribution in [0.3, 0.4) is 0 Å². The van der Waals surface area contributed by atoms with Gasteiger partial charge in [-0.2, -0.15) is 0 Å². The summed E-state index contributed by atoms with van der Waals surface area (Å²) in [5, 5.41) is 0. The fourth-order valence-corrected chi connectivity index (χ4v) is 4.44. The van der Waals surface area contributed by atoms with E-state index in [4.69, 9.17) is 0 Å². The van der Waals surface area contributed by atoms with Gasteiger partial charge in [0.1, 0.15) is 0 Å². The quantitative estimate of drug-likeness (QED) is 0.734. The minimum atomic E-state index is 0.309. The van der Waals surface area contributed by atoms with E-state index in [2.05, 4.69) is 19.9 Å². The molecule has 0 aromatic carbocycles. The summed E-state index contributed by atoms with van der Waals surface area (Å²) < 4.78 is 0. The topological polar surface area (TPSA) is 20.3 Å². The summed E-state index contributed by atoms with van der Waals surface area (Å²) in [7, 11) is 0. The molecule has 2 bridgehead atoms. The molecular weight excluding hydrogens is 210 g/mol. The maximum Gasteiger partial charge on any atom is 0.249 e. The van der Waals surface area contributed by atoms with Gasteiger partial charge < -0.3 is 4.90 Å². The van der Waals surface area contributed by atoms with Gasteiger partial charge in [-0.1, -0.05) is 6.08 Å². The standard InChI is InChI=1S/C15H23NO/c1-3-16(4-2)15(17)12-8-13-10-5-6-11(7-10)14(13)9-12/h8,10-11,13-14H,3-7,9H2,1-2H3. The molecule has 3 aliphatic rings. The summed E-state index contributed by atoms with van der Waals surface area (Å²) in [6, 6.07) is 0. The number of nitrogens with zero attached hydrogens (tertiary/aromatic N) is 1. The van der Waals surface area contributed by atoms with Crippen molar-refractivity contribution in [2.45, 2.75) is 39.5 Å². The average Bonchev–Trinajstić information content (AvgIpc) is 3.02. The summed E-state index contributed by atoms with van der Waals surface area (Å²) in [6.45, 7) is 5.83. The highest BCUT2D eigenvalue weighted by molar-refractivity contribution is 5.94. The summed E-state index contributed by atoms with van der Waals surface area (Å²) in [5.41, 5.74) is 1.13. The van der Waals surface area contributed by atoms with Crippen LogP contribution < -0.4 is 0 Å². The van der Waals surface area contributed by atoms with Gasteiger partial charge in [-0.15, -0.1) is 0 Å². The lowest BCUT2D eigenvalue weighted by molar-refractivity contribution is -0.126. The first kappa shape index (κ1) is 11.3. The zero-order chi connectivity index (χ0) is 12.0. The Morgan fingerprint density at radius 1 is 1.29 bits per heavy atom. The highest BCUT2D eigenvalue weighted by atomic mass is 16.2. The molecule has 2 nitrogen and oxygen atoms in total. The van der Waals surface area contributed by atoms with Gasteiger partial charge in [0.2, 0.25) is 5.91 Å². The van der Waals surface area contributed by atoms with Crippen molar-refractivity contribution < 1.29 is 4.79 Å². The van der Waals surface area contributed by atoms with Gasteiger partial charge in [0.25, 0.3) is 0 Å². The molecule has 4 unspecified atom stereocenters. The first-order chi connectivity index (χ1) is 8.24. The largest absolute Gasteiger partial charge is 0.339 e. The SMILES string of the molecule is CCN(CC)C(=O)C1=CC2C3CCC(C3)C2C1. The molecule has 4 atom stereocenters. The molecule has 0 aromatic rings. The summed E-state index contributed by atoms with van der Waals surface area (Å²) in [5.74, 6) is 3.73. The molecular formula is C15H23NO. The Morgan fingerprint density at radius 2 is 2.00 bits per heavy atom. The van der Waals surface area contributed by atoms with E-state index in [-0.39, 0.29) is 0 Å². The Bertz CT molecular complexity index is 356. The predicted octanol–water partition coefficient (Wildman–Crippen LogP) is 2.85. The lowest BCUT2D eigenvalue weighted by atomic mass is 9.81. The molecule has 1 amide bonds. The summed E-state index contributed by atoms with van der Waals surface area (Å²) >= 11 is 0. The third-order valence-corrected chi connectivity index (χ3v) is 5.33. The van der Waals surface area contributed by atoms with Crippen molar-refractivity contribution in [3.63, 3.8) is 0 Å². The second-order valence-electron chi connectivity index (χ2n) is 5.95. The zero-order valence-corrected chi connectivity index (χ0v) is 11.0. The van der Waals surface area contributed by atoms with Crippen molar-refractivity contribution >= 4 is 5.91 Å². The van der Waals surface area contributed by atoms with Crippen LogP contribution in [0, 0.1) is 23.7 Å². The normalized spacial score (nSPS) is 38.1. The summed E-state index contributed by atoms with van der Waals surface area (Å²) in [6.07, 6.45) is 7.69. The van der Waals surface area contributed by atoms with E-state index in [1.54, 1.807) is 0 Å². The predicted molar refractivity (Wildman–Crippen MR) is 68.4 cm³/mol. The second kappa shape index (κ2) is 4.15. The maximum atomic E-state index is 12.3. The molecule has 2 saturated carbocycles. The number of fused-ring (bicyclic) bond motifs is 5. The number of amides is 1. The molecule has 0 heterocycles. The Kier molecular flexibility index (Phi) is 2.76. The second-order valence-corrected chi connectivity index (χ2v) is 5.95. The van der Waals surface area contributed by atoms with Gasteiger partial charge in [-0.25, -0.2) is 0 Å². The fraction of sp³-hybridized carbons (Fsp3) is 0.800. The van der Waals surface area contributed by atoms with Crippen molar-refractivity contribution in [2.75, 3.05) is 13.1 Å². The van der Waals surface area contributed by atoms with Crippen LogP contribution in [0.1, 0.15) is 39.5 Å². The maximum absolute atomic E-state index is 12.3. The number of likely N-dealkylation sites (N-methyl/N-ethyl adjacent to an activating group) is 1. The molecule has 0 saturated heterocycles. The molecule has 0 aromatic heterocycles. The first-order valence-electron chi connectivity index (χ1n) is 7.24.